The van der Waals surface area contributed by atoms with E-state index in [4.69, 9.17) is 9.47 Å². The highest BCUT2D eigenvalue weighted by atomic mass is 79.9. The van der Waals surface area contributed by atoms with Gasteiger partial charge in [-0.3, -0.25) is 0 Å². The molecule has 1 aromatic rings. The Labute approximate surface area is 123 Å². The molecule has 0 radical (unpaired) electrons. The molecule has 1 heterocycles. The van der Waals surface area contributed by atoms with Gasteiger partial charge in [0.1, 0.15) is 0 Å². The van der Waals surface area contributed by atoms with Gasteiger partial charge in [0.15, 0.2) is 11.5 Å². The molecule has 1 saturated heterocycles. The van der Waals surface area contributed by atoms with Crippen molar-refractivity contribution in [2.24, 2.45) is 0 Å². The van der Waals surface area contributed by atoms with Gasteiger partial charge in [-0.05, 0) is 40.0 Å². The summed E-state index contributed by atoms with van der Waals surface area (Å²) in [6, 6.07) is 4.18. The Hall–Kier alpha value is -0.780. The summed E-state index contributed by atoms with van der Waals surface area (Å²) in [4.78, 5) is 2.49. The van der Waals surface area contributed by atoms with E-state index in [-0.39, 0.29) is 0 Å². The van der Waals surface area contributed by atoms with Gasteiger partial charge in [-0.1, -0.05) is 0 Å². The van der Waals surface area contributed by atoms with Crippen molar-refractivity contribution in [1.82, 2.24) is 10.2 Å². The predicted octanol–water partition coefficient (Wildman–Crippen LogP) is 1.91. The molecule has 0 saturated carbocycles. The summed E-state index contributed by atoms with van der Waals surface area (Å²) in [5, 5.41) is 3.37. The van der Waals surface area contributed by atoms with Gasteiger partial charge in [0.2, 0.25) is 0 Å². The Bertz CT molecular complexity index is 420. The SMILES string of the molecule is COc1cc(CCN2CCNCC2)cc(Br)c1OC. The fourth-order valence-corrected chi connectivity index (χ4v) is 2.99. The minimum absolute atomic E-state index is 0.758. The van der Waals surface area contributed by atoms with Gasteiger partial charge in [0.25, 0.3) is 0 Å². The summed E-state index contributed by atoms with van der Waals surface area (Å²) in [5.74, 6) is 1.54. The van der Waals surface area contributed by atoms with E-state index < -0.39 is 0 Å². The zero-order valence-corrected chi connectivity index (χ0v) is 13.1. The molecule has 1 N–H and O–H groups in total. The van der Waals surface area contributed by atoms with Crippen molar-refractivity contribution >= 4 is 15.9 Å². The number of benzene rings is 1. The topological polar surface area (TPSA) is 33.7 Å². The maximum Gasteiger partial charge on any atom is 0.174 e. The van der Waals surface area contributed by atoms with Crippen molar-refractivity contribution in [3.05, 3.63) is 22.2 Å². The molecule has 0 amide bonds. The Morgan fingerprint density at radius 3 is 2.58 bits per heavy atom. The van der Waals surface area contributed by atoms with Crippen LogP contribution in [0.1, 0.15) is 5.56 Å². The van der Waals surface area contributed by atoms with Crippen molar-refractivity contribution in [3.63, 3.8) is 0 Å². The number of piperazine rings is 1. The Morgan fingerprint density at radius 1 is 1.21 bits per heavy atom. The lowest BCUT2D eigenvalue weighted by atomic mass is 10.1. The molecule has 0 unspecified atom stereocenters. The summed E-state index contributed by atoms with van der Waals surface area (Å²) in [5.41, 5.74) is 1.27. The molecule has 5 heteroatoms. The lowest BCUT2D eigenvalue weighted by Crippen LogP contribution is -2.44. The quantitative estimate of drug-likeness (QED) is 0.895. The predicted molar refractivity (Wildman–Crippen MR) is 80.3 cm³/mol. The second-order valence-corrected chi connectivity index (χ2v) is 5.51. The first kappa shape index (κ1) is 14.6. The number of hydrogen-bond acceptors (Lipinski definition) is 4. The van der Waals surface area contributed by atoms with Crippen molar-refractivity contribution in [2.45, 2.75) is 6.42 Å². The molecular formula is C14H21BrN2O2. The molecule has 106 valence electrons. The first-order valence-electron chi connectivity index (χ1n) is 6.58. The molecular weight excluding hydrogens is 308 g/mol. The molecule has 19 heavy (non-hydrogen) atoms. The molecule has 1 fully saturated rings. The Morgan fingerprint density at radius 2 is 1.95 bits per heavy atom. The number of methoxy groups -OCH3 is 2. The summed E-state index contributed by atoms with van der Waals surface area (Å²) in [6.07, 6.45) is 1.03. The minimum atomic E-state index is 0.758. The fraction of sp³-hybridized carbons (Fsp3) is 0.571. The van der Waals surface area contributed by atoms with E-state index in [0.29, 0.717) is 0 Å². The monoisotopic (exact) mass is 328 g/mol. The smallest absolute Gasteiger partial charge is 0.174 e. The Balaban J connectivity index is 2.01. The highest BCUT2D eigenvalue weighted by molar-refractivity contribution is 9.10. The average molecular weight is 329 g/mol. The van der Waals surface area contributed by atoms with Gasteiger partial charge < -0.3 is 19.7 Å². The first-order chi connectivity index (χ1) is 9.24. The van der Waals surface area contributed by atoms with Gasteiger partial charge in [0.05, 0.1) is 18.7 Å². The summed E-state index contributed by atoms with van der Waals surface area (Å²) in [7, 11) is 3.33. The van der Waals surface area contributed by atoms with E-state index in [1.165, 1.54) is 5.56 Å². The summed E-state index contributed by atoms with van der Waals surface area (Å²) < 4.78 is 11.6. The van der Waals surface area contributed by atoms with Crippen LogP contribution < -0.4 is 14.8 Å². The second kappa shape index (κ2) is 7.12. The fourth-order valence-electron chi connectivity index (χ4n) is 2.34. The third kappa shape index (κ3) is 3.84. The van der Waals surface area contributed by atoms with Crippen LogP contribution in [0, 0.1) is 0 Å². The van der Waals surface area contributed by atoms with E-state index in [1.54, 1.807) is 14.2 Å². The minimum Gasteiger partial charge on any atom is -0.493 e. The molecule has 0 atom stereocenters. The normalized spacial score (nSPS) is 16.4. The standard InChI is InChI=1S/C14H21BrN2O2/c1-18-13-10-11(9-12(15)14(13)19-2)3-6-17-7-4-16-5-8-17/h9-10,16H,3-8H2,1-2H3. The number of halogens is 1. The highest BCUT2D eigenvalue weighted by Gasteiger charge is 2.13. The van der Waals surface area contributed by atoms with Crippen LogP contribution in [0.5, 0.6) is 11.5 Å². The van der Waals surface area contributed by atoms with Crippen molar-refractivity contribution in [3.8, 4) is 11.5 Å². The van der Waals surface area contributed by atoms with Crippen molar-refractivity contribution in [1.29, 1.82) is 0 Å². The third-order valence-electron chi connectivity index (χ3n) is 3.42. The maximum absolute atomic E-state index is 5.37. The lowest BCUT2D eigenvalue weighted by molar-refractivity contribution is 0.243. The van der Waals surface area contributed by atoms with E-state index in [9.17, 15) is 0 Å². The number of rotatable bonds is 5. The van der Waals surface area contributed by atoms with Crippen LogP contribution in [-0.2, 0) is 6.42 Å². The van der Waals surface area contributed by atoms with Crippen LogP contribution in [0.3, 0.4) is 0 Å². The molecule has 2 rings (SSSR count). The number of nitrogens with one attached hydrogen (secondary N) is 1. The summed E-state index contributed by atoms with van der Waals surface area (Å²) >= 11 is 3.54. The van der Waals surface area contributed by atoms with Crippen LogP contribution in [-0.4, -0.2) is 51.8 Å². The van der Waals surface area contributed by atoms with Gasteiger partial charge in [-0.25, -0.2) is 0 Å². The zero-order chi connectivity index (χ0) is 13.7. The van der Waals surface area contributed by atoms with Gasteiger partial charge in [-0.2, -0.15) is 0 Å². The van der Waals surface area contributed by atoms with Crippen molar-refractivity contribution < 1.29 is 9.47 Å². The van der Waals surface area contributed by atoms with E-state index >= 15 is 0 Å². The second-order valence-electron chi connectivity index (χ2n) is 4.65. The van der Waals surface area contributed by atoms with Crippen LogP contribution in [0.15, 0.2) is 16.6 Å². The molecule has 0 aliphatic carbocycles. The number of hydrogen-bond donors (Lipinski definition) is 1. The largest absolute Gasteiger partial charge is 0.493 e. The van der Waals surface area contributed by atoms with E-state index in [1.807, 2.05) is 0 Å². The van der Waals surface area contributed by atoms with E-state index in [0.717, 1.165) is 55.1 Å². The first-order valence-corrected chi connectivity index (χ1v) is 7.37. The molecule has 1 aliphatic heterocycles. The van der Waals surface area contributed by atoms with Crippen molar-refractivity contribution in [2.75, 3.05) is 46.9 Å². The average Bonchev–Trinajstić information content (AvgIpc) is 2.45. The van der Waals surface area contributed by atoms with Gasteiger partial charge in [0, 0.05) is 32.7 Å². The Kier molecular flexibility index (Phi) is 5.48. The third-order valence-corrected chi connectivity index (χ3v) is 4.01. The molecule has 0 bridgehead atoms. The van der Waals surface area contributed by atoms with Gasteiger partial charge in [-0.15, -0.1) is 0 Å². The molecule has 0 aromatic heterocycles. The highest BCUT2D eigenvalue weighted by Crippen LogP contribution is 2.36. The molecule has 0 spiro atoms. The van der Waals surface area contributed by atoms with Crippen LogP contribution in [0.25, 0.3) is 0 Å². The van der Waals surface area contributed by atoms with Crippen LogP contribution in [0.4, 0.5) is 0 Å². The maximum atomic E-state index is 5.37. The van der Waals surface area contributed by atoms with E-state index in [2.05, 4.69) is 38.3 Å². The number of nitrogens with zero attached hydrogens (tertiary/aromatic N) is 1. The summed E-state index contributed by atoms with van der Waals surface area (Å²) in [6.45, 7) is 5.54. The van der Waals surface area contributed by atoms with Gasteiger partial charge >= 0.3 is 0 Å². The molecule has 1 aromatic carbocycles. The van der Waals surface area contributed by atoms with Crippen LogP contribution in [0.2, 0.25) is 0 Å². The molecule has 4 nitrogen and oxygen atoms in total. The van der Waals surface area contributed by atoms with Crippen LogP contribution >= 0.6 is 15.9 Å². The number of ether oxygens (including phenoxy) is 2. The lowest BCUT2D eigenvalue weighted by Gasteiger charge is -2.27. The molecule has 1 aliphatic rings. The zero-order valence-electron chi connectivity index (χ0n) is 11.5.